The number of H-pyrrole nitrogens is 1. The van der Waals surface area contributed by atoms with Crippen LogP contribution in [-0.2, 0) is 9.47 Å². The highest BCUT2D eigenvalue weighted by atomic mass is 16.6. The molecule has 0 aromatic carbocycles. The molecule has 1 aliphatic heterocycles. The lowest BCUT2D eigenvalue weighted by atomic mass is 10.2. The molecule has 2 atom stereocenters. The van der Waals surface area contributed by atoms with E-state index in [1.54, 1.807) is 10.9 Å². The van der Waals surface area contributed by atoms with Gasteiger partial charge in [-0.2, -0.15) is 0 Å². The molecule has 0 radical (unpaired) electrons. The van der Waals surface area contributed by atoms with Crippen molar-refractivity contribution in [2.45, 2.75) is 44.9 Å². The van der Waals surface area contributed by atoms with Gasteiger partial charge in [0.15, 0.2) is 11.2 Å². The number of ether oxygens (including phenoxy) is 2. The van der Waals surface area contributed by atoms with Crippen LogP contribution in [0.1, 0.15) is 38.8 Å². The number of fused-ring (bicyclic) bond motifs is 1. The molecule has 0 spiro atoms. The van der Waals surface area contributed by atoms with Gasteiger partial charge in [-0.25, -0.2) is 14.8 Å². The molecule has 2 aromatic heterocycles. The van der Waals surface area contributed by atoms with Gasteiger partial charge in [0.25, 0.3) is 5.56 Å². The van der Waals surface area contributed by atoms with E-state index in [4.69, 9.17) is 9.47 Å². The van der Waals surface area contributed by atoms with Gasteiger partial charge in [-0.3, -0.25) is 9.36 Å². The number of alkyl carbamates (subject to hydrolysis) is 1. The Kier molecular flexibility index (Phi) is 5.09. The van der Waals surface area contributed by atoms with Gasteiger partial charge in [0.2, 0.25) is 0 Å². The smallest absolute Gasteiger partial charge is 0.407 e. The zero-order valence-corrected chi connectivity index (χ0v) is 13.5. The Balaban J connectivity index is 1.54. The lowest BCUT2D eigenvalue weighted by molar-refractivity contribution is -0.0246. The molecule has 2 N–H and O–H groups in total. The summed E-state index contributed by atoms with van der Waals surface area (Å²) in [5.41, 5.74) is 0.499. The van der Waals surface area contributed by atoms with Crippen molar-refractivity contribution in [3.8, 4) is 0 Å². The minimum Gasteiger partial charge on any atom is -0.447 e. The Labute approximate surface area is 138 Å². The van der Waals surface area contributed by atoms with Gasteiger partial charge < -0.3 is 19.8 Å². The Bertz CT molecular complexity index is 756. The maximum Gasteiger partial charge on any atom is 0.407 e. The number of nitrogens with one attached hydrogen (secondary N) is 2. The molecule has 3 heterocycles. The number of carbonyl (C=O) groups excluding carboxylic acids is 1. The van der Waals surface area contributed by atoms with E-state index < -0.39 is 6.09 Å². The highest BCUT2D eigenvalue weighted by Crippen LogP contribution is 2.29. The molecule has 2 aromatic rings. The van der Waals surface area contributed by atoms with Crippen molar-refractivity contribution in [1.82, 2.24) is 24.8 Å². The first kappa shape index (κ1) is 16.4. The van der Waals surface area contributed by atoms with E-state index >= 15 is 0 Å². The summed E-state index contributed by atoms with van der Waals surface area (Å²) in [6.07, 6.45) is 5.49. The Morgan fingerprint density at radius 1 is 1.50 bits per heavy atom. The molecule has 0 unspecified atom stereocenters. The van der Waals surface area contributed by atoms with Crippen LogP contribution in [0.2, 0.25) is 0 Å². The van der Waals surface area contributed by atoms with Crippen molar-refractivity contribution in [1.29, 1.82) is 0 Å². The summed E-state index contributed by atoms with van der Waals surface area (Å²) in [4.78, 5) is 34.0. The largest absolute Gasteiger partial charge is 0.447 e. The maximum absolute atomic E-state index is 11.7. The summed E-state index contributed by atoms with van der Waals surface area (Å²) in [6.45, 7) is 2.88. The fourth-order valence-corrected chi connectivity index (χ4v) is 2.67. The first-order chi connectivity index (χ1) is 11.7. The van der Waals surface area contributed by atoms with Gasteiger partial charge in [0.05, 0.1) is 18.8 Å². The molecule has 0 saturated carbocycles. The molecular formula is C15H21N5O4. The first-order valence-corrected chi connectivity index (χ1v) is 8.15. The Morgan fingerprint density at radius 2 is 2.38 bits per heavy atom. The first-order valence-electron chi connectivity index (χ1n) is 8.15. The highest BCUT2D eigenvalue weighted by Gasteiger charge is 2.29. The molecule has 24 heavy (non-hydrogen) atoms. The quantitative estimate of drug-likeness (QED) is 0.770. The topological polar surface area (TPSA) is 111 Å². The van der Waals surface area contributed by atoms with Crippen molar-refractivity contribution >= 4 is 17.3 Å². The number of rotatable bonds is 6. The van der Waals surface area contributed by atoms with Crippen LogP contribution < -0.4 is 10.9 Å². The van der Waals surface area contributed by atoms with Gasteiger partial charge in [-0.15, -0.1) is 0 Å². The second-order valence-corrected chi connectivity index (χ2v) is 5.72. The van der Waals surface area contributed by atoms with E-state index in [-0.39, 0.29) is 30.0 Å². The molecule has 1 saturated heterocycles. The summed E-state index contributed by atoms with van der Waals surface area (Å²) in [5, 5.41) is 2.70. The zero-order chi connectivity index (χ0) is 16.9. The number of unbranched alkanes of at least 4 members (excludes halogenated alkanes) is 1. The average molecular weight is 335 g/mol. The van der Waals surface area contributed by atoms with Crippen molar-refractivity contribution in [2.24, 2.45) is 0 Å². The summed E-state index contributed by atoms with van der Waals surface area (Å²) in [6, 6.07) is 0. The third-order valence-electron chi connectivity index (χ3n) is 3.96. The maximum atomic E-state index is 11.7. The van der Waals surface area contributed by atoms with Crippen LogP contribution in [0.5, 0.6) is 0 Å². The number of aromatic nitrogens is 4. The van der Waals surface area contributed by atoms with Crippen LogP contribution in [-0.4, -0.2) is 44.9 Å². The SMILES string of the molecule is CCCCNC(=O)OC[C@@H]1CC[C@H](n2cnc3c(=O)[nH]cnc32)O1. The number of aromatic amines is 1. The van der Waals surface area contributed by atoms with Crippen molar-refractivity contribution in [2.75, 3.05) is 13.2 Å². The molecule has 0 aliphatic carbocycles. The van der Waals surface area contributed by atoms with Crippen LogP contribution in [0.15, 0.2) is 17.4 Å². The number of carbonyl (C=O) groups is 1. The molecule has 130 valence electrons. The molecule has 1 fully saturated rings. The number of nitrogens with zero attached hydrogens (tertiary/aromatic N) is 3. The zero-order valence-electron chi connectivity index (χ0n) is 13.5. The fraction of sp³-hybridized carbons (Fsp3) is 0.600. The van der Waals surface area contributed by atoms with Crippen LogP contribution in [0.25, 0.3) is 11.2 Å². The molecule has 9 heteroatoms. The number of hydrogen-bond donors (Lipinski definition) is 2. The molecule has 1 aliphatic rings. The third kappa shape index (κ3) is 3.56. The van der Waals surface area contributed by atoms with Crippen molar-refractivity contribution in [3.05, 3.63) is 23.0 Å². The van der Waals surface area contributed by atoms with Crippen molar-refractivity contribution < 1.29 is 14.3 Å². The fourth-order valence-electron chi connectivity index (χ4n) is 2.67. The summed E-state index contributed by atoms with van der Waals surface area (Å²) in [7, 11) is 0. The average Bonchev–Trinajstić information content (AvgIpc) is 3.20. The molecule has 3 rings (SSSR count). The predicted octanol–water partition coefficient (Wildman–Crippen LogP) is 1.32. The van der Waals surface area contributed by atoms with E-state index in [1.165, 1.54) is 6.33 Å². The number of amides is 1. The molecule has 9 nitrogen and oxygen atoms in total. The number of imidazole rings is 1. The Hall–Kier alpha value is -2.42. The number of hydrogen-bond acceptors (Lipinski definition) is 6. The van der Waals surface area contributed by atoms with Crippen molar-refractivity contribution in [3.63, 3.8) is 0 Å². The monoisotopic (exact) mass is 335 g/mol. The van der Waals surface area contributed by atoms with Crippen LogP contribution in [0.3, 0.4) is 0 Å². The second-order valence-electron chi connectivity index (χ2n) is 5.72. The Morgan fingerprint density at radius 3 is 3.21 bits per heavy atom. The highest BCUT2D eigenvalue weighted by molar-refractivity contribution is 5.68. The molecule has 0 bridgehead atoms. The third-order valence-corrected chi connectivity index (χ3v) is 3.96. The van der Waals surface area contributed by atoms with Gasteiger partial charge >= 0.3 is 6.09 Å². The predicted molar refractivity (Wildman–Crippen MR) is 85.6 cm³/mol. The van der Waals surface area contributed by atoms with E-state index in [1.807, 2.05) is 0 Å². The van der Waals surface area contributed by atoms with Gasteiger partial charge in [0, 0.05) is 6.54 Å². The molecule has 1 amide bonds. The lowest BCUT2D eigenvalue weighted by Crippen LogP contribution is -2.28. The van der Waals surface area contributed by atoms with Gasteiger partial charge in [0.1, 0.15) is 12.8 Å². The summed E-state index contributed by atoms with van der Waals surface area (Å²) in [5.74, 6) is 0. The minimum atomic E-state index is -0.420. The van der Waals surface area contributed by atoms with E-state index in [2.05, 4.69) is 27.2 Å². The minimum absolute atomic E-state index is 0.175. The van der Waals surface area contributed by atoms with E-state index in [9.17, 15) is 9.59 Å². The van der Waals surface area contributed by atoms with Crippen LogP contribution >= 0.6 is 0 Å². The molecular weight excluding hydrogens is 314 g/mol. The van der Waals surface area contributed by atoms with E-state index in [0.717, 1.165) is 25.7 Å². The lowest BCUT2D eigenvalue weighted by Gasteiger charge is -2.15. The standard InChI is InChI=1S/C15H21N5O4/c1-2-3-6-16-15(22)23-7-10-4-5-11(24-10)20-9-19-12-13(20)17-8-18-14(12)21/h8-11H,2-7H2,1H3,(H,16,22)(H,17,18,21)/t10-,11+/m0/s1. The summed E-state index contributed by atoms with van der Waals surface area (Å²) < 4.78 is 12.8. The van der Waals surface area contributed by atoms with Crippen LogP contribution in [0.4, 0.5) is 4.79 Å². The normalized spacial score (nSPS) is 20.4. The second kappa shape index (κ2) is 7.43. The summed E-state index contributed by atoms with van der Waals surface area (Å²) >= 11 is 0. The van der Waals surface area contributed by atoms with Gasteiger partial charge in [-0.1, -0.05) is 13.3 Å². The van der Waals surface area contributed by atoms with Crippen LogP contribution in [0, 0.1) is 0 Å². The van der Waals surface area contributed by atoms with Gasteiger partial charge in [-0.05, 0) is 19.3 Å². The van der Waals surface area contributed by atoms with E-state index in [0.29, 0.717) is 12.2 Å².